The van der Waals surface area contributed by atoms with Gasteiger partial charge in [0.1, 0.15) is 5.76 Å². The van der Waals surface area contributed by atoms with Gasteiger partial charge in [-0.25, -0.2) is 0 Å². The molecule has 0 aliphatic carbocycles. The van der Waals surface area contributed by atoms with E-state index in [2.05, 4.69) is 30.3 Å². The third kappa shape index (κ3) is 3.64. The summed E-state index contributed by atoms with van der Waals surface area (Å²) in [5, 5.41) is 8.43. The molecule has 0 spiro atoms. The van der Waals surface area contributed by atoms with E-state index in [0.717, 1.165) is 37.3 Å². The average molecular weight is 296 g/mol. The third-order valence-corrected chi connectivity index (χ3v) is 3.58. The second kappa shape index (κ2) is 6.95. The van der Waals surface area contributed by atoms with Gasteiger partial charge in [0.05, 0.1) is 11.7 Å². The zero-order valence-electron chi connectivity index (χ0n) is 12.3. The van der Waals surface area contributed by atoms with Crippen LogP contribution in [0.15, 0.2) is 22.6 Å². The Balaban J connectivity index is 2.16. The molecular formula is C15H22ClN3O. The largest absolute Gasteiger partial charge is 0.448 e. The van der Waals surface area contributed by atoms with Crippen LogP contribution in [-0.2, 0) is 19.9 Å². The molecule has 110 valence electrons. The number of hydrogen-bond acceptors (Lipinski definition) is 3. The van der Waals surface area contributed by atoms with Crippen molar-refractivity contribution in [3.8, 4) is 0 Å². The van der Waals surface area contributed by atoms with E-state index in [1.807, 2.05) is 17.8 Å². The van der Waals surface area contributed by atoms with Gasteiger partial charge in [0, 0.05) is 19.2 Å². The van der Waals surface area contributed by atoms with Gasteiger partial charge in [-0.05, 0) is 49.2 Å². The first-order valence-electron chi connectivity index (χ1n) is 7.14. The van der Waals surface area contributed by atoms with Crippen molar-refractivity contribution in [2.24, 2.45) is 7.05 Å². The first-order chi connectivity index (χ1) is 9.63. The number of furan rings is 1. The number of halogens is 1. The predicted molar refractivity (Wildman–Crippen MR) is 81.0 cm³/mol. The molecular weight excluding hydrogens is 274 g/mol. The lowest BCUT2D eigenvalue weighted by Crippen LogP contribution is -2.24. The highest BCUT2D eigenvalue weighted by Gasteiger charge is 2.17. The van der Waals surface area contributed by atoms with Crippen LogP contribution in [0.2, 0.25) is 5.22 Å². The van der Waals surface area contributed by atoms with Gasteiger partial charge in [0.25, 0.3) is 0 Å². The second-order valence-electron chi connectivity index (χ2n) is 4.96. The lowest BCUT2D eigenvalue weighted by Gasteiger charge is -2.16. The van der Waals surface area contributed by atoms with Crippen molar-refractivity contribution in [1.29, 1.82) is 0 Å². The van der Waals surface area contributed by atoms with Crippen molar-refractivity contribution in [2.75, 3.05) is 6.54 Å². The van der Waals surface area contributed by atoms with Gasteiger partial charge in [-0.2, -0.15) is 5.10 Å². The number of hydrogen-bond donors (Lipinski definition) is 1. The third-order valence-electron chi connectivity index (χ3n) is 3.38. The van der Waals surface area contributed by atoms with Crippen LogP contribution in [0, 0.1) is 0 Å². The maximum absolute atomic E-state index is 5.89. The number of aryl methyl sites for hydroxylation is 2. The molecule has 0 aromatic carbocycles. The van der Waals surface area contributed by atoms with Crippen molar-refractivity contribution in [2.45, 2.75) is 39.2 Å². The first kappa shape index (κ1) is 15.1. The van der Waals surface area contributed by atoms with Crippen LogP contribution in [0.4, 0.5) is 0 Å². The lowest BCUT2D eigenvalue weighted by molar-refractivity contribution is 0.405. The van der Waals surface area contributed by atoms with Crippen molar-refractivity contribution < 1.29 is 4.42 Å². The minimum Gasteiger partial charge on any atom is -0.448 e. The maximum Gasteiger partial charge on any atom is 0.193 e. The lowest BCUT2D eigenvalue weighted by atomic mass is 10.1. The molecule has 4 nitrogen and oxygen atoms in total. The van der Waals surface area contributed by atoms with Crippen molar-refractivity contribution >= 4 is 11.6 Å². The minimum atomic E-state index is 0.127. The molecule has 20 heavy (non-hydrogen) atoms. The van der Waals surface area contributed by atoms with Gasteiger partial charge in [-0.3, -0.25) is 4.68 Å². The summed E-state index contributed by atoms with van der Waals surface area (Å²) in [6.45, 7) is 5.21. The molecule has 2 heterocycles. The summed E-state index contributed by atoms with van der Waals surface area (Å²) in [7, 11) is 1.99. The van der Waals surface area contributed by atoms with Crippen molar-refractivity contribution in [3.05, 3.63) is 40.6 Å². The Morgan fingerprint density at radius 1 is 1.40 bits per heavy atom. The SMILES string of the molecule is CCCNC(Cc1cc(CC)nn1C)c1ccc(Cl)o1. The summed E-state index contributed by atoms with van der Waals surface area (Å²) in [5.74, 6) is 0.877. The van der Waals surface area contributed by atoms with Gasteiger partial charge in [-0.1, -0.05) is 13.8 Å². The van der Waals surface area contributed by atoms with E-state index in [9.17, 15) is 0 Å². The molecule has 0 saturated carbocycles. The molecule has 0 bridgehead atoms. The van der Waals surface area contributed by atoms with Crippen molar-refractivity contribution in [3.63, 3.8) is 0 Å². The quantitative estimate of drug-likeness (QED) is 0.850. The van der Waals surface area contributed by atoms with Crippen LogP contribution >= 0.6 is 11.6 Å². The van der Waals surface area contributed by atoms with E-state index in [0.29, 0.717) is 5.22 Å². The standard InChI is InChI=1S/C15H22ClN3O/c1-4-8-17-13(14-6-7-15(16)20-14)10-12-9-11(5-2)18-19(12)3/h6-7,9,13,17H,4-5,8,10H2,1-3H3. The molecule has 1 N–H and O–H groups in total. The van der Waals surface area contributed by atoms with Gasteiger partial charge in [0.15, 0.2) is 5.22 Å². The fraction of sp³-hybridized carbons (Fsp3) is 0.533. The second-order valence-corrected chi connectivity index (χ2v) is 5.33. The zero-order valence-corrected chi connectivity index (χ0v) is 13.1. The summed E-state index contributed by atoms with van der Waals surface area (Å²) in [4.78, 5) is 0. The Labute approximate surface area is 125 Å². The molecule has 0 aliphatic heterocycles. The molecule has 0 saturated heterocycles. The molecule has 2 rings (SSSR count). The van der Waals surface area contributed by atoms with Crippen LogP contribution in [-0.4, -0.2) is 16.3 Å². The Kier molecular flexibility index (Phi) is 5.26. The van der Waals surface area contributed by atoms with Gasteiger partial charge in [-0.15, -0.1) is 0 Å². The monoisotopic (exact) mass is 295 g/mol. The fourth-order valence-corrected chi connectivity index (χ4v) is 2.40. The number of nitrogens with zero attached hydrogens (tertiary/aromatic N) is 2. The van der Waals surface area contributed by atoms with Crippen LogP contribution in [0.5, 0.6) is 0 Å². The summed E-state index contributed by atoms with van der Waals surface area (Å²) >= 11 is 5.89. The zero-order chi connectivity index (χ0) is 14.5. The summed E-state index contributed by atoms with van der Waals surface area (Å²) in [5.41, 5.74) is 2.32. The molecule has 0 radical (unpaired) electrons. The fourth-order valence-electron chi connectivity index (χ4n) is 2.25. The average Bonchev–Trinajstić information content (AvgIpc) is 3.01. The highest BCUT2D eigenvalue weighted by atomic mass is 35.5. The van der Waals surface area contributed by atoms with Crippen molar-refractivity contribution in [1.82, 2.24) is 15.1 Å². The molecule has 1 atom stereocenters. The predicted octanol–water partition coefficient (Wildman–Crippen LogP) is 3.51. The number of rotatable bonds is 7. The highest BCUT2D eigenvalue weighted by Crippen LogP contribution is 2.23. The molecule has 1 unspecified atom stereocenters. The van der Waals surface area contributed by atoms with Crippen LogP contribution in [0.1, 0.15) is 43.5 Å². The van der Waals surface area contributed by atoms with E-state index in [1.54, 1.807) is 6.07 Å². The maximum atomic E-state index is 5.89. The smallest absolute Gasteiger partial charge is 0.193 e. The topological polar surface area (TPSA) is 43.0 Å². The van der Waals surface area contributed by atoms with E-state index >= 15 is 0 Å². The summed E-state index contributed by atoms with van der Waals surface area (Å²) < 4.78 is 7.51. The molecule has 2 aromatic rings. The molecule has 5 heteroatoms. The van der Waals surface area contributed by atoms with E-state index in [4.69, 9.17) is 16.0 Å². The van der Waals surface area contributed by atoms with E-state index in [-0.39, 0.29) is 6.04 Å². The van der Waals surface area contributed by atoms with Crippen LogP contribution < -0.4 is 5.32 Å². The minimum absolute atomic E-state index is 0.127. The molecule has 0 fully saturated rings. The van der Waals surface area contributed by atoms with Crippen LogP contribution in [0.3, 0.4) is 0 Å². The number of nitrogens with one attached hydrogen (secondary N) is 1. The molecule has 0 aliphatic rings. The van der Waals surface area contributed by atoms with E-state index in [1.165, 1.54) is 5.69 Å². The normalized spacial score (nSPS) is 12.8. The highest BCUT2D eigenvalue weighted by molar-refractivity contribution is 6.28. The molecule has 0 amide bonds. The first-order valence-corrected chi connectivity index (χ1v) is 7.52. The Hall–Kier alpha value is -1.26. The summed E-state index contributed by atoms with van der Waals surface area (Å²) in [6, 6.07) is 6.01. The van der Waals surface area contributed by atoms with Gasteiger partial charge >= 0.3 is 0 Å². The van der Waals surface area contributed by atoms with E-state index < -0.39 is 0 Å². The van der Waals surface area contributed by atoms with Gasteiger partial charge in [0.2, 0.25) is 0 Å². The Morgan fingerprint density at radius 2 is 2.20 bits per heavy atom. The number of aromatic nitrogens is 2. The molecule has 2 aromatic heterocycles. The Bertz CT molecular complexity index is 547. The summed E-state index contributed by atoms with van der Waals surface area (Å²) in [6.07, 6.45) is 2.87. The van der Waals surface area contributed by atoms with Gasteiger partial charge < -0.3 is 9.73 Å². The Morgan fingerprint density at radius 3 is 2.75 bits per heavy atom. The van der Waals surface area contributed by atoms with Crippen LogP contribution in [0.25, 0.3) is 0 Å².